The molecule has 1 aromatic heterocycles. The summed E-state index contributed by atoms with van der Waals surface area (Å²) in [7, 11) is 0. The van der Waals surface area contributed by atoms with Gasteiger partial charge in [0.1, 0.15) is 5.82 Å². The fourth-order valence-corrected chi connectivity index (χ4v) is 2.31. The largest absolute Gasteiger partial charge is 0.478 e. The molecule has 1 unspecified atom stereocenters. The van der Waals surface area contributed by atoms with Crippen LogP contribution in [0.5, 0.6) is 0 Å². The minimum Gasteiger partial charge on any atom is -0.478 e. The highest BCUT2D eigenvalue weighted by Crippen LogP contribution is 2.25. The molecule has 1 aromatic carbocycles. The SMILES string of the molecule is O=C(O)c1ccc2nc(C3CCCOC3)[nH]c2c1. The Kier molecular flexibility index (Phi) is 2.76. The van der Waals surface area contributed by atoms with Gasteiger partial charge in [-0.3, -0.25) is 0 Å². The Hall–Kier alpha value is -1.88. The molecule has 1 saturated heterocycles. The van der Waals surface area contributed by atoms with Gasteiger partial charge in [-0.25, -0.2) is 9.78 Å². The number of ether oxygens (including phenoxy) is 1. The lowest BCUT2D eigenvalue weighted by molar-refractivity contribution is 0.0697. The highest BCUT2D eigenvalue weighted by molar-refractivity contribution is 5.92. The van der Waals surface area contributed by atoms with E-state index < -0.39 is 5.97 Å². The van der Waals surface area contributed by atoms with E-state index in [-0.39, 0.29) is 5.56 Å². The van der Waals surface area contributed by atoms with Crippen LogP contribution in [0.4, 0.5) is 0 Å². The minimum absolute atomic E-state index is 0.276. The van der Waals surface area contributed by atoms with Gasteiger partial charge in [-0.1, -0.05) is 0 Å². The average molecular weight is 246 g/mol. The number of H-pyrrole nitrogens is 1. The highest BCUT2D eigenvalue weighted by atomic mass is 16.5. The van der Waals surface area contributed by atoms with Crippen LogP contribution in [0.2, 0.25) is 0 Å². The summed E-state index contributed by atoms with van der Waals surface area (Å²) < 4.78 is 5.44. The van der Waals surface area contributed by atoms with Crippen LogP contribution < -0.4 is 0 Å². The third-order valence-corrected chi connectivity index (χ3v) is 3.29. The Bertz CT molecular complexity index is 585. The van der Waals surface area contributed by atoms with Crippen LogP contribution in [0.3, 0.4) is 0 Å². The van der Waals surface area contributed by atoms with Crippen molar-refractivity contribution in [3.63, 3.8) is 0 Å². The molecule has 0 aliphatic carbocycles. The number of aromatic nitrogens is 2. The number of hydrogen-bond donors (Lipinski definition) is 2. The van der Waals surface area contributed by atoms with Gasteiger partial charge in [-0.05, 0) is 31.0 Å². The number of carboxylic acid groups (broad SMARTS) is 1. The molecule has 0 radical (unpaired) electrons. The van der Waals surface area contributed by atoms with Crippen molar-refractivity contribution < 1.29 is 14.6 Å². The molecule has 1 fully saturated rings. The number of nitrogens with zero attached hydrogens (tertiary/aromatic N) is 1. The number of benzene rings is 1. The van der Waals surface area contributed by atoms with Crippen LogP contribution in [0.25, 0.3) is 11.0 Å². The Morgan fingerprint density at radius 1 is 1.50 bits per heavy atom. The molecule has 0 spiro atoms. The molecule has 5 heteroatoms. The van der Waals surface area contributed by atoms with Gasteiger partial charge in [0.2, 0.25) is 0 Å². The zero-order valence-corrected chi connectivity index (χ0v) is 9.85. The van der Waals surface area contributed by atoms with Crippen molar-refractivity contribution in [1.82, 2.24) is 9.97 Å². The molecule has 94 valence electrons. The summed E-state index contributed by atoms with van der Waals surface area (Å²) in [5.74, 6) is 0.265. The lowest BCUT2D eigenvalue weighted by atomic mass is 10.0. The molecular weight excluding hydrogens is 232 g/mol. The van der Waals surface area contributed by atoms with Crippen molar-refractivity contribution in [2.75, 3.05) is 13.2 Å². The summed E-state index contributed by atoms with van der Waals surface area (Å²) in [6.07, 6.45) is 2.10. The summed E-state index contributed by atoms with van der Waals surface area (Å²) in [6.45, 7) is 1.51. The molecule has 1 atom stereocenters. The predicted octanol–water partition coefficient (Wildman–Crippen LogP) is 2.16. The first-order chi connectivity index (χ1) is 8.74. The highest BCUT2D eigenvalue weighted by Gasteiger charge is 2.19. The van der Waals surface area contributed by atoms with Crippen molar-refractivity contribution >= 4 is 17.0 Å². The van der Waals surface area contributed by atoms with E-state index in [1.54, 1.807) is 18.2 Å². The number of nitrogens with one attached hydrogen (secondary N) is 1. The number of rotatable bonds is 2. The van der Waals surface area contributed by atoms with E-state index in [1.807, 2.05) is 0 Å². The fraction of sp³-hybridized carbons (Fsp3) is 0.385. The summed E-state index contributed by atoms with van der Waals surface area (Å²) in [5, 5.41) is 8.95. The maximum absolute atomic E-state index is 10.9. The van der Waals surface area contributed by atoms with Crippen molar-refractivity contribution in [2.24, 2.45) is 0 Å². The molecule has 0 saturated carbocycles. The van der Waals surface area contributed by atoms with Crippen molar-refractivity contribution in [2.45, 2.75) is 18.8 Å². The van der Waals surface area contributed by atoms with Gasteiger partial charge in [0, 0.05) is 12.5 Å². The Morgan fingerprint density at radius 2 is 2.39 bits per heavy atom. The topological polar surface area (TPSA) is 75.2 Å². The quantitative estimate of drug-likeness (QED) is 0.851. The van der Waals surface area contributed by atoms with Crippen LogP contribution in [-0.2, 0) is 4.74 Å². The van der Waals surface area contributed by atoms with Gasteiger partial charge in [0.15, 0.2) is 0 Å². The summed E-state index contributed by atoms with van der Waals surface area (Å²) in [4.78, 5) is 18.6. The van der Waals surface area contributed by atoms with E-state index in [4.69, 9.17) is 9.84 Å². The maximum atomic E-state index is 10.9. The summed E-state index contributed by atoms with van der Waals surface area (Å²) in [5.41, 5.74) is 1.86. The van der Waals surface area contributed by atoms with Crippen LogP contribution in [0, 0.1) is 0 Å². The average Bonchev–Trinajstić information content (AvgIpc) is 2.82. The van der Waals surface area contributed by atoms with Gasteiger partial charge < -0.3 is 14.8 Å². The van der Waals surface area contributed by atoms with Gasteiger partial charge in [0.25, 0.3) is 0 Å². The van der Waals surface area contributed by atoms with Crippen LogP contribution >= 0.6 is 0 Å². The number of hydrogen-bond acceptors (Lipinski definition) is 3. The van der Waals surface area contributed by atoms with Crippen molar-refractivity contribution in [3.05, 3.63) is 29.6 Å². The Labute approximate surface area is 104 Å². The second kappa shape index (κ2) is 4.42. The number of carboxylic acids is 1. The third kappa shape index (κ3) is 1.97. The second-order valence-corrected chi connectivity index (χ2v) is 4.57. The van der Waals surface area contributed by atoms with Gasteiger partial charge in [-0.15, -0.1) is 0 Å². The van der Waals surface area contributed by atoms with E-state index in [1.165, 1.54) is 0 Å². The van der Waals surface area contributed by atoms with Gasteiger partial charge >= 0.3 is 5.97 Å². The number of imidazole rings is 1. The van der Waals surface area contributed by atoms with E-state index in [0.717, 1.165) is 36.3 Å². The molecular formula is C13H14N2O3. The van der Waals surface area contributed by atoms with Crippen LogP contribution in [0.15, 0.2) is 18.2 Å². The van der Waals surface area contributed by atoms with Gasteiger partial charge in [-0.2, -0.15) is 0 Å². The van der Waals surface area contributed by atoms with E-state index >= 15 is 0 Å². The lowest BCUT2D eigenvalue weighted by Gasteiger charge is -2.19. The normalized spacial score (nSPS) is 20.1. The van der Waals surface area contributed by atoms with Crippen molar-refractivity contribution in [1.29, 1.82) is 0 Å². The minimum atomic E-state index is -0.922. The molecule has 2 N–H and O–H groups in total. The first-order valence-electron chi connectivity index (χ1n) is 6.05. The van der Waals surface area contributed by atoms with E-state index in [9.17, 15) is 4.79 Å². The molecule has 2 aromatic rings. The van der Waals surface area contributed by atoms with Crippen molar-refractivity contribution in [3.8, 4) is 0 Å². The number of aromatic amines is 1. The first-order valence-corrected chi connectivity index (χ1v) is 6.05. The number of aromatic carboxylic acids is 1. The zero-order valence-electron chi connectivity index (χ0n) is 9.85. The Balaban J connectivity index is 1.97. The molecule has 1 aliphatic rings. The van der Waals surface area contributed by atoms with Crippen LogP contribution in [-0.4, -0.2) is 34.3 Å². The number of carbonyl (C=O) groups is 1. The monoisotopic (exact) mass is 246 g/mol. The Morgan fingerprint density at radius 3 is 3.11 bits per heavy atom. The first kappa shape index (κ1) is 11.2. The molecule has 18 heavy (non-hydrogen) atoms. The fourth-order valence-electron chi connectivity index (χ4n) is 2.31. The molecule has 3 rings (SSSR count). The van der Waals surface area contributed by atoms with Crippen LogP contribution in [0.1, 0.15) is 34.9 Å². The third-order valence-electron chi connectivity index (χ3n) is 3.29. The second-order valence-electron chi connectivity index (χ2n) is 4.57. The molecule has 1 aliphatic heterocycles. The molecule has 0 amide bonds. The lowest BCUT2D eigenvalue weighted by Crippen LogP contribution is -2.16. The zero-order chi connectivity index (χ0) is 12.5. The summed E-state index contributed by atoms with van der Waals surface area (Å²) >= 11 is 0. The van der Waals surface area contributed by atoms with E-state index in [2.05, 4.69) is 9.97 Å². The summed E-state index contributed by atoms with van der Waals surface area (Å²) in [6, 6.07) is 4.94. The number of fused-ring (bicyclic) bond motifs is 1. The standard InChI is InChI=1S/C13H14N2O3/c16-13(17)8-3-4-10-11(6-8)15-12(14-10)9-2-1-5-18-7-9/h3-4,6,9H,1-2,5,7H2,(H,14,15)(H,16,17). The smallest absolute Gasteiger partial charge is 0.335 e. The predicted molar refractivity (Wildman–Crippen MR) is 65.8 cm³/mol. The maximum Gasteiger partial charge on any atom is 0.335 e. The molecule has 0 bridgehead atoms. The molecule has 2 heterocycles. The van der Waals surface area contributed by atoms with Gasteiger partial charge in [0.05, 0.1) is 23.2 Å². The van der Waals surface area contributed by atoms with E-state index in [0.29, 0.717) is 12.5 Å². The molecule has 5 nitrogen and oxygen atoms in total.